The van der Waals surface area contributed by atoms with Crippen LogP contribution in [0.1, 0.15) is 41.7 Å². The fourth-order valence-electron chi connectivity index (χ4n) is 4.44. The SMILES string of the molecule is Cc1c(C(=O)NC2CCN(C[C@H]3CCCO3)CC2)c2cc(O)ccc2n1C. The lowest BCUT2D eigenvalue weighted by Crippen LogP contribution is -2.46. The van der Waals surface area contributed by atoms with Crippen molar-refractivity contribution in [2.45, 2.75) is 44.8 Å². The molecule has 0 spiro atoms. The van der Waals surface area contributed by atoms with Crippen LogP contribution >= 0.6 is 0 Å². The first-order chi connectivity index (χ1) is 13.0. The Kier molecular flexibility index (Phi) is 5.10. The third-order valence-corrected chi connectivity index (χ3v) is 6.11. The van der Waals surface area contributed by atoms with Crippen molar-refractivity contribution in [2.75, 3.05) is 26.2 Å². The number of amides is 1. The number of phenols is 1. The summed E-state index contributed by atoms with van der Waals surface area (Å²) in [6, 6.07) is 5.40. The van der Waals surface area contributed by atoms with E-state index in [9.17, 15) is 9.90 Å². The number of fused-ring (bicyclic) bond motifs is 1. The molecule has 2 fully saturated rings. The number of phenolic OH excluding ortho intramolecular Hbond substituents is 1. The number of benzene rings is 1. The summed E-state index contributed by atoms with van der Waals surface area (Å²) in [5.41, 5.74) is 2.55. The molecule has 0 aliphatic carbocycles. The minimum Gasteiger partial charge on any atom is -0.508 e. The molecule has 0 saturated carbocycles. The highest BCUT2D eigenvalue weighted by Gasteiger charge is 2.26. The fraction of sp³-hybridized carbons (Fsp3) is 0.571. The number of likely N-dealkylation sites (tertiary alicyclic amines) is 1. The molecular weight excluding hydrogens is 342 g/mol. The summed E-state index contributed by atoms with van der Waals surface area (Å²) in [5, 5.41) is 13.9. The number of aromatic hydroxyl groups is 1. The third-order valence-electron chi connectivity index (χ3n) is 6.11. The van der Waals surface area contributed by atoms with Crippen molar-refractivity contribution >= 4 is 16.8 Å². The molecule has 146 valence electrons. The number of carbonyl (C=O) groups excluding carboxylic acids is 1. The maximum atomic E-state index is 13.0. The number of carbonyl (C=O) groups is 1. The summed E-state index contributed by atoms with van der Waals surface area (Å²) in [6.07, 6.45) is 4.67. The van der Waals surface area contributed by atoms with E-state index in [1.165, 1.54) is 12.8 Å². The zero-order valence-electron chi connectivity index (χ0n) is 16.2. The van der Waals surface area contributed by atoms with Crippen molar-refractivity contribution in [3.05, 3.63) is 29.5 Å². The van der Waals surface area contributed by atoms with Crippen molar-refractivity contribution < 1.29 is 14.6 Å². The van der Waals surface area contributed by atoms with Crippen molar-refractivity contribution in [1.29, 1.82) is 0 Å². The molecule has 3 heterocycles. The van der Waals surface area contributed by atoms with E-state index in [0.29, 0.717) is 11.7 Å². The van der Waals surface area contributed by atoms with E-state index >= 15 is 0 Å². The summed E-state index contributed by atoms with van der Waals surface area (Å²) in [5.74, 6) is 0.144. The first kappa shape index (κ1) is 18.3. The number of hydrogen-bond acceptors (Lipinski definition) is 4. The van der Waals surface area contributed by atoms with Gasteiger partial charge in [0, 0.05) is 55.9 Å². The van der Waals surface area contributed by atoms with E-state index in [2.05, 4.69) is 10.2 Å². The molecule has 6 heteroatoms. The lowest BCUT2D eigenvalue weighted by molar-refractivity contribution is 0.0613. The molecule has 4 rings (SSSR count). The number of nitrogens with zero attached hydrogens (tertiary/aromatic N) is 2. The second kappa shape index (κ2) is 7.52. The van der Waals surface area contributed by atoms with Gasteiger partial charge >= 0.3 is 0 Å². The van der Waals surface area contributed by atoms with Crippen molar-refractivity contribution in [2.24, 2.45) is 7.05 Å². The van der Waals surface area contributed by atoms with Crippen LogP contribution < -0.4 is 5.32 Å². The van der Waals surface area contributed by atoms with Crippen molar-refractivity contribution in [3.63, 3.8) is 0 Å². The van der Waals surface area contributed by atoms with Crippen LogP contribution in [0.3, 0.4) is 0 Å². The molecule has 2 aliphatic rings. The van der Waals surface area contributed by atoms with Crippen LogP contribution in [0.2, 0.25) is 0 Å². The topological polar surface area (TPSA) is 66.7 Å². The lowest BCUT2D eigenvalue weighted by atomic mass is 10.0. The summed E-state index contributed by atoms with van der Waals surface area (Å²) in [6.45, 7) is 5.87. The van der Waals surface area contributed by atoms with Crippen LogP contribution in [0.25, 0.3) is 10.9 Å². The summed E-state index contributed by atoms with van der Waals surface area (Å²) in [4.78, 5) is 15.5. The maximum absolute atomic E-state index is 13.0. The second-order valence-electron chi connectivity index (χ2n) is 7.90. The van der Waals surface area contributed by atoms with Gasteiger partial charge in [0.2, 0.25) is 0 Å². The summed E-state index contributed by atoms with van der Waals surface area (Å²) >= 11 is 0. The maximum Gasteiger partial charge on any atom is 0.253 e. The smallest absolute Gasteiger partial charge is 0.253 e. The van der Waals surface area contributed by atoms with Gasteiger partial charge in [0.1, 0.15) is 5.75 Å². The molecule has 1 aromatic heterocycles. The van der Waals surface area contributed by atoms with Crippen LogP contribution in [0.15, 0.2) is 18.2 Å². The summed E-state index contributed by atoms with van der Waals surface area (Å²) < 4.78 is 7.74. The Morgan fingerprint density at radius 2 is 2.07 bits per heavy atom. The Hall–Kier alpha value is -2.05. The molecule has 2 aromatic rings. The van der Waals surface area contributed by atoms with Crippen LogP contribution in [-0.4, -0.2) is 58.9 Å². The standard InChI is InChI=1S/C21H29N3O3/c1-14-20(18-12-16(25)5-6-19(18)23(14)2)21(26)22-15-7-9-24(10-8-15)13-17-4-3-11-27-17/h5-6,12,15,17,25H,3-4,7-11,13H2,1-2H3,(H,22,26)/t17-/m1/s1. The van der Waals surface area contributed by atoms with Gasteiger partial charge in [0.25, 0.3) is 5.91 Å². The van der Waals surface area contributed by atoms with E-state index in [1.807, 2.05) is 24.6 Å². The number of hydrogen-bond donors (Lipinski definition) is 2. The monoisotopic (exact) mass is 371 g/mol. The van der Waals surface area contributed by atoms with E-state index in [1.54, 1.807) is 12.1 Å². The lowest BCUT2D eigenvalue weighted by Gasteiger charge is -2.33. The molecule has 2 aliphatic heterocycles. The van der Waals surface area contributed by atoms with Gasteiger partial charge in [-0.3, -0.25) is 4.79 Å². The quantitative estimate of drug-likeness (QED) is 0.867. The predicted molar refractivity (Wildman–Crippen MR) is 105 cm³/mol. The fourth-order valence-corrected chi connectivity index (χ4v) is 4.44. The second-order valence-corrected chi connectivity index (χ2v) is 7.90. The van der Waals surface area contributed by atoms with Gasteiger partial charge in [0.15, 0.2) is 0 Å². The number of nitrogens with one attached hydrogen (secondary N) is 1. The highest BCUT2D eigenvalue weighted by Crippen LogP contribution is 2.28. The van der Waals surface area contributed by atoms with Crippen molar-refractivity contribution in [3.8, 4) is 5.75 Å². The zero-order valence-corrected chi connectivity index (χ0v) is 16.2. The Morgan fingerprint density at radius 1 is 1.30 bits per heavy atom. The van der Waals surface area contributed by atoms with Crippen LogP contribution in [0.4, 0.5) is 0 Å². The van der Waals surface area contributed by atoms with Gasteiger partial charge in [-0.05, 0) is 50.8 Å². The zero-order chi connectivity index (χ0) is 19.0. The minimum absolute atomic E-state index is 0.0405. The number of rotatable bonds is 4. The van der Waals surface area contributed by atoms with Gasteiger partial charge in [-0.1, -0.05) is 0 Å². The van der Waals surface area contributed by atoms with E-state index < -0.39 is 0 Å². The van der Waals surface area contributed by atoms with Gasteiger partial charge < -0.3 is 24.6 Å². The summed E-state index contributed by atoms with van der Waals surface area (Å²) in [7, 11) is 1.95. The average molecular weight is 371 g/mol. The average Bonchev–Trinajstić information content (AvgIpc) is 3.24. The number of piperidine rings is 1. The van der Waals surface area contributed by atoms with Crippen LogP contribution in [-0.2, 0) is 11.8 Å². The molecule has 27 heavy (non-hydrogen) atoms. The normalized spacial score (nSPS) is 21.8. The molecule has 0 radical (unpaired) electrons. The number of aromatic nitrogens is 1. The number of ether oxygens (including phenoxy) is 1. The molecular formula is C21H29N3O3. The first-order valence-electron chi connectivity index (χ1n) is 9.95. The predicted octanol–water partition coefficient (Wildman–Crippen LogP) is 2.57. The highest BCUT2D eigenvalue weighted by atomic mass is 16.5. The Bertz CT molecular complexity index is 831. The van der Waals surface area contributed by atoms with Crippen molar-refractivity contribution in [1.82, 2.24) is 14.8 Å². The Balaban J connectivity index is 1.41. The van der Waals surface area contributed by atoms with E-state index in [0.717, 1.165) is 55.7 Å². The third kappa shape index (κ3) is 3.69. The minimum atomic E-state index is -0.0405. The number of aryl methyl sites for hydroxylation is 1. The van der Waals surface area contributed by atoms with E-state index in [-0.39, 0.29) is 17.7 Å². The van der Waals surface area contributed by atoms with Crippen LogP contribution in [0.5, 0.6) is 5.75 Å². The van der Waals surface area contributed by atoms with Crippen LogP contribution in [0, 0.1) is 6.92 Å². The molecule has 0 unspecified atom stereocenters. The van der Waals surface area contributed by atoms with E-state index in [4.69, 9.17) is 4.74 Å². The largest absolute Gasteiger partial charge is 0.508 e. The molecule has 6 nitrogen and oxygen atoms in total. The molecule has 1 atom stereocenters. The molecule has 2 saturated heterocycles. The molecule has 1 amide bonds. The highest BCUT2D eigenvalue weighted by molar-refractivity contribution is 6.08. The Labute approximate surface area is 160 Å². The molecule has 0 bridgehead atoms. The molecule has 1 aromatic carbocycles. The van der Waals surface area contributed by atoms with Gasteiger partial charge in [-0.25, -0.2) is 0 Å². The van der Waals surface area contributed by atoms with Gasteiger partial charge in [-0.2, -0.15) is 0 Å². The first-order valence-corrected chi connectivity index (χ1v) is 9.95. The van der Waals surface area contributed by atoms with Gasteiger partial charge in [-0.15, -0.1) is 0 Å². The van der Waals surface area contributed by atoms with Gasteiger partial charge in [0.05, 0.1) is 11.7 Å². The Morgan fingerprint density at radius 3 is 2.78 bits per heavy atom. The molecule has 2 N–H and O–H groups in total.